The maximum Gasteiger partial charge on any atom is 0.0101 e. The SMILES string of the molecule is CC(C)CSCC(C)N.Cl. The van der Waals surface area contributed by atoms with Gasteiger partial charge >= 0.3 is 0 Å². The molecule has 1 nitrogen and oxygen atoms in total. The zero-order chi connectivity index (χ0) is 7.28. The summed E-state index contributed by atoms with van der Waals surface area (Å²) in [5.74, 6) is 3.13. The molecule has 0 saturated carbocycles. The molecule has 0 heterocycles. The summed E-state index contributed by atoms with van der Waals surface area (Å²) in [5, 5.41) is 0. The Hall–Kier alpha value is 0.600. The van der Waals surface area contributed by atoms with Gasteiger partial charge in [0, 0.05) is 11.8 Å². The van der Waals surface area contributed by atoms with Crippen molar-refractivity contribution in [1.82, 2.24) is 0 Å². The Morgan fingerprint density at radius 2 is 1.70 bits per heavy atom. The van der Waals surface area contributed by atoms with E-state index < -0.39 is 0 Å². The topological polar surface area (TPSA) is 26.0 Å². The smallest absolute Gasteiger partial charge is 0.0101 e. The minimum Gasteiger partial charge on any atom is -0.327 e. The third-order valence-electron chi connectivity index (χ3n) is 0.832. The van der Waals surface area contributed by atoms with Crippen molar-refractivity contribution in [1.29, 1.82) is 0 Å². The highest BCUT2D eigenvalue weighted by atomic mass is 35.5. The van der Waals surface area contributed by atoms with Crippen LogP contribution >= 0.6 is 24.2 Å². The van der Waals surface area contributed by atoms with E-state index in [1.807, 2.05) is 18.7 Å². The molecule has 0 saturated heterocycles. The number of nitrogens with two attached hydrogens (primary N) is 1. The average Bonchev–Trinajstić information content (AvgIpc) is 1.63. The highest BCUT2D eigenvalue weighted by molar-refractivity contribution is 7.99. The lowest BCUT2D eigenvalue weighted by molar-refractivity contribution is 0.747. The normalized spacial score (nSPS) is 12.9. The van der Waals surface area contributed by atoms with Crippen molar-refractivity contribution in [3.63, 3.8) is 0 Å². The molecule has 0 aliphatic rings. The molecule has 0 radical (unpaired) electrons. The van der Waals surface area contributed by atoms with Crippen LogP contribution in [0.25, 0.3) is 0 Å². The Morgan fingerprint density at radius 3 is 2.00 bits per heavy atom. The predicted octanol–water partition coefficient (Wildman–Crippen LogP) is 2.14. The van der Waals surface area contributed by atoms with Crippen LogP contribution in [0.4, 0.5) is 0 Å². The van der Waals surface area contributed by atoms with Crippen LogP contribution in [0.3, 0.4) is 0 Å². The Kier molecular flexibility index (Phi) is 10.2. The van der Waals surface area contributed by atoms with Gasteiger partial charge in [-0.1, -0.05) is 13.8 Å². The van der Waals surface area contributed by atoms with Crippen LogP contribution in [0.5, 0.6) is 0 Å². The molecular formula is C7H18ClNS. The van der Waals surface area contributed by atoms with E-state index in [4.69, 9.17) is 5.73 Å². The van der Waals surface area contributed by atoms with E-state index in [0.717, 1.165) is 11.7 Å². The molecule has 0 aliphatic carbocycles. The molecular weight excluding hydrogens is 166 g/mol. The third-order valence-corrected chi connectivity index (χ3v) is 2.50. The maximum atomic E-state index is 5.56. The van der Waals surface area contributed by atoms with Crippen molar-refractivity contribution in [2.75, 3.05) is 11.5 Å². The largest absolute Gasteiger partial charge is 0.327 e. The second-order valence-corrected chi connectivity index (χ2v) is 3.98. The molecule has 0 spiro atoms. The lowest BCUT2D eigenvalue weighted by Gasteiger charge is -2.05. The Bertz CT molecular complexity index is 58.6. The highest BCUT2D eigenvalue weighted by Gasteiger charge is 1.96. The zero-order valence-corrected chi connectivity index (χ0v) is 8.60. The minimum atomic E-state index is 0. The van der Waals surface area contributed by atoms with Crippen LogP contribution in [0.15, 0.2) is 0 Å². The molecule has 0 aromatic carbocycles. The number of halogens is 1. The third kappa shape index (κ3) is 11.4. The maximum absolute atomic E-state index is 5.56. The summed E-state index contributed by atoms with van der Waals surface area (Å²) in [6.45, 7) is 6.51. The van der Waals surface area contributed by atoms with E-state index in [1.165, 1.54) is 5.75 Å². The first kappa shape index (κ1) is 13.2. The number of rotatable bonds is 4. The van der Waals surface area contributed by atoms with Crippen molar-refractivity contribution in [2.45, 2.75) is 26.8 Å². The van der Waals surface area contributed by atoms with Crippen LogP contribution in [0.1, 0.15) is 20.8 Å². The summed E-state index contributed by atoms with van der Waals surface area (Å²) in [5.41, 5.74) is 5.56. The molecule has 0 amide bonds. The molecule has 0 aliphatic heterocycles. The lowest BCUT2D eigenvalue weighted by atomic mass is 10.3. The van der Waals surface area contributed by atoms with Crippen LogP contribution < -0.4 is 5.73 Å². The van der Waals surface area contributed by atoms with Crippen molar-refractivity contribution in [3.8, 4) is 0 Å². The lowest BCUT2D eigenvalue weighted by Crippen LogP contribution is -2.18. The number of hydrogen-bond acceptors (Lipinski definition) is 2. The molecule has 0 bridgehead atoms. The Labute approximate surface area is 74.5 Å². The monoisotopic (exact) mass is 183 g/mol. The second kappa shape index (κ2) is 7.70. The van der Waals surface area contributed by atoms with Gasteiger partial charge in [-0.3, -0.25) is 0 Å². The summed E-state index contributed by atoms with van der Waals surface area (Å²) in [6.07, 6.45) is 0. The van der Waals surface area contributed by atoms with Gasteiger partial charge in [-0.05, 0) is 18.6 Å². The molecule has 0 aromatic rings. The van der Waals surface area contributed by atoms with Gasteiger partial charge in [-0.15, -0.1) is 12.4 Å². The van der Waals surface area contributed by atoms with Gasteiger partial charge in [0.05, 0.1) is 0 Å². The quantitative estimate of drug-likeness (QED) is 0.723. The second-order valence-electron chi connectivity index (χ2n) is 2.91. The van der Waals surface area contributed by atoms with Gasteiger partial charge in [0.2, 0.25) is 0 Å². The fourth-order valence-corrected chi connectivity index (χ4v) is 1.47. The van der Waals surface area contributed by atoms with Gasteiger partial charge in [0.15, 0.2) is 0 Å². The Morgan fingerprint density at radius 1 is 1.20 bits per heavy atom. The minimum absolute atomic E-state index is 0. The van der Waals surface area contributed by atoms with Crippen LogP contribution in [-0.2, 0) is 0 Å². The summed E-state index contributed by atoms with van der Waals surface area (Å²) in [6, 6.07) is 0.355. The summed E-state index contributed by atoms with van der Waals surface area (Å²) >= 11 is 1.94. The molecule has 2 N–H and O–H groups in total. The molecule has 0 rings (SSSR count). The Balaban J connectivity index is 0. The summed E-state index contributed by atoms with van der Waals surface area (Å²) < 4.78 is 0. The first-order chi connectivity index (χ1) is 4.13. The van der Waals surface area contributed by atoms with Gasteiger partial charge in [0.25, 0.3) is 0 Å². The first-order valence-corrected chi connectivity index (χ1v) is 4.61. The predicted molar refractivity (Wildman–Crippen MR) is 53.1 cm³/mol. The number of hydrogen-bond donors (Lipinski definition) is 1. The zero-order valence-electron chi connectivity index (χ0n) is 6.96. The molecule has 0 aromatic heterocycles. The van der Waals surface area contributed by atoms with Gasteiger partial charge in [0.1, 0.15) is 0 Å². The molecule has 0 fully saturated rings. The fourth-order valence-electron chi connectivity index (χ4n) is 0.490. The van der Waals surface area contributed by atoms with E-state index in [2.05, 4.69) is 13.8 Å². The molecule has 64 valence electrons. The van der Waals surface area contributed by atoms with E-state index in [9.17, 15) is 0 Å². The van der Waals surface area contributed by atoms with Crippen LogP contribution in [-0.4, -0.2) is 17.5 Å². The summed E-state index contributed by atoms with van der Waals surface area (Å²) in [4.78, 5) is 0. The van der Waals surface area contributed by atoms with Crippen molar-refractivity contribution in [2.24, 2.45) is 11.7 Å². The molecule has 10 heavy (non-hydrogen) atoms. The standard InChI is InChI=1S/C7H17NS.ClH/c1-6(2)4-9-5-7(3)8;/h6-7H,4-5,8H2,1-3H3;1H. The highest BCUT2D eigenvalue weighted by Crippen LogP contribution is 2.07. The van der Waals surface area contributed by atoms with Gasteiger partial charge in [-0.25, -0.2) is 0 Å². The van der Waals surface area contributed by atoms with Crippen LogP contribution in [0, 0.1) is 5.92 Å². The van der Waals surface area contributed by atoms with Crippen molar-refractivity contribution < 1.29 is 0 Å². The van der Waals surface area contributed by atoms with Crippen LogP contribution in [0.2, 0.25) is 0 Å². The fraction of sp³-hybridized carbons (Fsp3) is 1.00. The van der Waals surface area contributed by atoms with Gasteiger partial charge in [-0.2, -0.15) is 11.8 Å². The van der Waals surface area contributed by atoms with Crippen molar-refractivity contribution >= 4 is 24.2 Å². The van der Waals surface area contributed by atoms with Crippen molar-refractivity contribution in [3.05, 3.63) is 0 Å². The van der Waals surface area contributed by atoms with E-state index in [0.29, 0.717) is 6.04 Å². The van der Waals surface area contributed by atoms with E-state index >= 15 is 0 Å². The van der Waals surface area contributed by atoms with E-state index in [1.54, 1.807) is 0 Å². The summed E-state index contributed by atoms with van der Waals surface area (Å²) in [7, 11) is 0. The van der Waals surface area contributed by atoms with E-state index in [-0.39, 0.29) is 12.4 Å². The average molecular weight is 184 g/mol. The number of thioether (sulfide) groups is 1. The molecule has 1 atom stereocenters. The molecule has 3 heteroatoms. The molecule has 1 unspecified atom stereocenters. The first-order valence-electron chi connectivity index (χ1n) is 3.46. The van der Waals surface area contributed by atoms with Gasteiger partial charge < -0.3 is 5.73 Å².